The van der Waals surface area contributed by atoms with Gasteiger partial charge in [-0.1, -0.05) is 91.0 Å². The highest BCUT2D eigenvalue weighted by atomic mass is 15.2. The molecule has 4 heteroatoms. The van der Waals surface area contributed by atoms with E-state index in [4.69, 9.17) is 9.97 Å². The molecule has 1 N–H and O–H groups in total. The van der Waals surface area contributed by atoms with Crippen LogP contribution in [0.5, 0.6) is 0 Å². The fourth-order valence-corrected chi connectivity index (χ4v) is 3.77. The maximum Gasteiger partial charge on any atom is 0.174 e. The van der Waals surface area contributed by atoms with Gasteiger partial charge in [0.05, 0.1) is 11.0 Å². The van der Waals surface area contributed by atoms with Gasteiger partial charge in [-0.05, 0) is 35.4 Å². The van der Waals surface area contributed by atoms with Crippen LogP contribution in [0.1, 0.15) is 11.1 Å². The Morgan fingerprint density at radius 3 is 1.56 bits per heavy atom. The largest absolute Gasteiger partial charge is 0.345 e. The zero-order chi connectivity index (χ0) is 21.6. The van der Waals surface area contributed by atoms with Gasteiger partial charge in [0.1, 0.15) is 0 Å². The lowest BCUT2D eigenvalue weighted by Gasteiger charge is -2.26. The Balaban J connectivity index is 1.61. The molecule has 0 saturated heterocycles. The van der Waals surface area contributed by atoms with Crippen molar-refractivity contribution in [3.05, 3.63) is 126 Å². The molecule has 1 heterocycles. The topological polar surface area (TPSA) is 41.1 Å². The van der Waals surface area contributed by atoms with Crippen LogP contribution in [-0.2, 0) is 13.1 Å². The van der Waals surface area contributed by atoms with Crippen molar-refractivity contribution in [2.24, 2.45) is 0 Å². The van der Waals surface area contributed by atoms with Gasteiger partial charge in [-0.2, -0.15) is 0 Å². The number of aromatic nitrogens is 2. The molecule has 0 atom stereocenters. The van der Waals surface area contributed by atoms with Crippen molar-refractivity contribution in [3.8, 4) is 0 Å². The van der Waals surface area contributed by atoms with E-state index in [2.05, 4.69) is 58.7 Å². The van der Waals surface area contributed by atoms with E-state index in [1.54, 1.807) is 0 Å². The number of hydrogen-bond donors (Lipinski definition) is 1. The Morgan fingerprint density at radius 2 is 1.00 bits per heavy atom. The average molecular weight is 417 g/mol. The Hall–Kier alpha value is -4.18. The third-order valence-electron chi connectivity index (χ3n) is 5.32. The molecule has 0 amide bonds. The SMILES string of the molecule is c1ccc(CN(Cc2ccccc2)c2nc3ccccc3nc2Nc2ccccc2)cc1. The lowest BCUT2D eigenvalue weighted by molar-refractivity contribution is 0.785. The summed E-state index contributed by atoms with van der Waals surface area (Å²) in [6.45, 7) is 1.46. The molecule has 0 aliphatic rings. The van der Waals surface area contributed by atoms with E-state index in [-0.39, 0.29) is 0 Å². The summed E-state index contributed by atoms with van der Waals surface area (Å²) in [7, 11) is 0. The van der Waals surface area contributed by atoms with Gasteiger partial charge in [0.25, 0.3) is 0 Å². The van der Waals surface area contributed by atoms with Crippen molar-refractivity contribution in [1.82, 2.24) is 9.97 Å². The van der Waals surface area contributed by atoms with E-state index in [9.17, 15) is 0 Å². The van der Waals surface area contributed by atoms with Crippen LogP contribution >= 0.6 is 0 Å². The molecule has 0 unspecified atom stereocenters. The van der Waals surface area contributed by atoms with E-state index in [0.29, 0.717) is 0 Å². The van der Waals surface area contributed by atoms with Gasteiger partial charge in [0, 0.05) is 18.8 Å². The van der Waals surface area contributed by atoms with E-state index in [0.717, 1.165) is 41.4 Å². The fraction of sp³-hybridized carbons (Fsp3) is 0.0714. The Bertz CT molecular complexity index is 1250. The van der Waals surface area contributed by atoms with E-state index >= 15 is 0 Å². The van der Waals surface area contributed by atoms with Gasteiger partial charge in [0.2, 0.25) is 0 Å². The molecule has 0 aliphatic carbocycles. The van der Waals surface area contributed by atoms with E-state index in [1.165, 1.54) is 11.1 Å². The van der Waals surface area contributed by atoms with Gasteiger partial charge in [-0.15, -0.1) is 0 Å². The molecule has 0 aliphatic heterocycles. The van der Waals surface area contributed by atoms with Crippen molar-refractivity contribution < 1.29 is 0 Å². The summed E-state index contributed by atoms with van der Waals surface area (Å²) in [5, 5.41) is 3.50. The maximum atomic E-state index is 5.06. The van der Waals surface area contributed by atoms with Crippen molar-refractivity contribution in [2.75, 3.05) is 10.2 Å². The van der Waals surface area contributed by atoms with Gasteiger partial charge in [-0.25, -0.2) is 9.97 Å². The highest BCUT2D eigenvalue weighted by Gasteiger charge is 2.17. The normalized spacial score (nSPS) is 10.8. The molecular formula is C28H24N4. The number of hydrogen-bond acceptors (Lipinski definition) is 4. The Kier molecular flexibility index (Phi) is 5.75. The molecular weight excluding hydrogens is 392 g/mol. The van der Waals surface area contributed by atoms with Gasteiger partial charge in [-0.3, -0.25) is 0 Å². The molecule has 156 valence electrons. The average Bonchev–Trinajstić information content (AvgIpc) is 2.85. The fourth-order valence-electron chi connectivity index (χ4n) is 3.77. The highest BCUT2D eigenvalue weighted by molar-refractivity contribution is 5.82. The number of nitrogens with one attached hydrogen (secondary N) is 1. The zero-order valence-corrected chi connectivity index (χ0v) is 17.7. The number of rotatable bonds is 7. The van der Waals surface area contributed by atoms with Crippen molar-refractivity contribution in [1.29, 1.82) is 0 Å². The van der Waals surface area contributed by atoms with Crippen LogP contribution in [0.15, 0.2) is 115 Å². The second kappa shape index (κ2) is 9.31. The maximum absolute atomic E-state index is 5.06. The molecule has 5 aromatic rings. The molecule has 0 saturated carbocycles. The molecule has 1 aromatic heterocycles. The van der Waals surface area contributed by atoms with Crippen molar-refractivity contribution in [2.45, 2.75) is 13.1 Å². The summed E-state index contributed by atoms with van der Waals surface area (Å²) in [5.41, 5.74) is 5.19. The van der Waals surface area contributed by atoms with E-state index < -0.39 is 0 Å². The standard InChI is InChI=1S/C28H24N4/c1-4-12-22(13-5-1)20-32(21-23-14-6-2-7-15-23)28-27(29-24-16-8-3-9-17-24)30-25-18-10-11-19-26(25)31-28/h1-19H,20-21H2,(H,29,30). The molecule has 0 spiro atoms. The van der Waals surface area contributed by atoms with Crippen LogP contribution in [-0.4, -0.2) is 9.97 Å². The monoisotopic (exact) mass is 416 g/mol. The van der Waals surface area contributed by atoms with Gasteiger partial charge >= 0.3 is 0 Å². The lowest BCUT2D eigenvalue weighted by Crippen LogP contribution is -2.24. The number of fused-ring (bicyclic) bond motifs is 1. The molecule has 4 aromatic carbocycles. The summed E-state index contributed by atoms with van der Waals surface area (Å²) in [4.78, 5) is 12.3. The summed E-state index contributed by atoms with van der Waals surface area (Å²) >= 11 is 0. The lowest BCUT2D eigenvalue weighted by atomic mass is 10.1. The second-order valence-corrected chi connectivity index (χ2v) is 7.70. The first kappa shape index (κ1) is 19.8. The van der Waals surface area contributed by atoms with Gasteiger partial charge < -0.3 is 10.2 Å². The smallest absolute Gasteiger partial charge is 0.174 e. The predicted octanol–water partition coefficient (Wildman–Crippen LogP) is 6.58. The molecule has 5 rings (SSSR count). The molecule has 0 bridgehead atoms. The number of nitrogens with zero attached hydrogens (tertiary/aromatic N) is 3. The predicted molar refractivity (Wildman–Crippen MR) is 132 cm³/mol. The quantitative estimate of drug-likeness (QED) is 0.325. The number of para-hydroxylation sites is 3. The molecule has 0 radical (unpaired) electrons. The third-order valence-corrected chi connectivity index (χ3v) is 5.32. The first-order chi connectivity index (χ1) is 15.8. The Labute approximate surface area is 188 Å². The summed E-state index contributed by atoms with van der Waals surface area (Å²) in [6.07, 6.45) is 0. The van der Waals surface area contributed by atoms with Crippen LogP contribution in [0.4, 0.5) is 17.3 Å². The second-order valence-electron chi connectivity index (χ2n) is 7.70. The highest BCUT2D eigenvalue weighted by Crippen LogP contribution is 2.30. The third kappa shape index (κ3) is 4.60. The van der Waals surface area contributed by atoms with Crippen molar-refractivity contribution >= 4 is 28.4 Å². The molecule has 32 heavy (non-hydrogen) atoms. The summed E-state index contributed by atoms with van der Waals surface area (Å²) < 4.78 is 0. The summed E-state index contributed by atoms with van der Waals surface area (Å²) in [5.74, 6) is 1.59. The van der Waals surface area contributed by atoms with Crippen LogP contribution in [0.2, 0.25) is 0 Å². The Morgan fingerprint density at radius 1 is 0.531 bits per heavy atom. The first-order valence-electron chi connectivity index (χ1n) is 10.8. The molecule has 4 nitrogen and oxygen atoms in total. The minimum Gasteiger partial charge on any atom is -0.345 e. The van der Waals surface area contributed by atoms with Crippen LogP contribution in [0.3, 0.4) is 0 Å². The van der Waals surface area contributed by atoms with Crippen molar-refractivity contribution in [3.63, 3.8) is 0 Å². The number of anilines is 3. The zero-order valence-electron chi connectivity index (χ0n) is 17.7. The summed E-state index contributed by atoms with van der Waals surface area (Å²) in [6, 6.07) is 39.1. The van der Waals surface area contributed by atoms with Crippen LogP contribution < -0.4 is 10.2 Å². The van der Waals surface area contributed by atoms with Crippen LogP contribution in [0, 0.1) is 0 Å². The number of benzene rings is 4. The first-order valence-corrected chi connectivity index (χ1v) is 10.8. The minimum atomic E-state index is 0.728. The van der Waals surface area contributed by atoms with Gasteiger partial charge in [0.15, 0.2) is 11.6 Å². The molecule has 0 fully saturated rings. The minimum absolute atomic E-state index is 0.728. The van der Waals surface area contributed by atoms with Crippen LogP contribution in [0.25, 0.3) is 11.0 Å². The van der Waals surface area contributed by atoms with E-state index in [1.807, 2.05) is 66.7 Å².